The van der Waals surface area contributed by atoms with Crippen molar-refractivity contribution in [1.29, 1.82) is 0 Å². The zero-order valence-electron chi connectivity index (χ0n) is 6.28. The number of allylic oxidation sites excluding steroid dienone is 4. The number of hydrogen-bond acceptors (Lipinski definition) is 0. The first kappa shape index (κ1) is 9.48. The molecule has 1 aliphatic rings. The largest absolute Gasteiger partial charge is 1.00 e. The second kappa shape index (κ2) is 5.28. The minimum atomic E-state index is 0. The molecule has 0 spiro atoms. The minimum Gasteiger partial charge on any atom is -0.269 e. The molecule has 0 amide bonds. The van der Waals surface area contributed by atoms with Gasteiger partial charge in [0, 0.05) is 0 Å². The normalized spacial score (nSPS) is 15.0. The molecule has 0 heterocycles. The fourth-order valence-electron chi connectivity index (χ4n) is 0.891. The van der Waals surface area contributed by atoms with E-state index in [-0.39, 0.29) is 29.6 Å². The van der Waals surface area contributed by atoms with Crippen LogP contribution in [-0.4, -0.2) is 0 Å². The SMILES string of the molecule is CCCC1=[C-]CC=C1.[Na+]. The molecule has 44 valence electrons. The van der Waals surface area contributed by atoms with Crippen molar-refractivity contribution in [3.63, 3.8) is 0 Å². The van der Waals surface area contributed by atoms with E-state index in [9.17, 15) is 0 Å². The van der Waals surface area contributed by atoms with Crippen LogP contribution in [0.5, 0.6) is 0 Å². The summed E-state index contributed by atoms with van der Waals surface area (Å²) in [6, 6.07) is 0. The molecule has 0 aliphatic heterocycles. The predicted octanol–water partition coefficient (Wildman–Crippen LogP) is -0.520. The van der Waals surface area contributed by atoms with Gasteiger partial charge in [-0.2, -0.15) is 6.08 Å². The first-order valence-electron chi connectivity index (χ1n) is 3.19. The molecule has 0 nitrogen and oxygen atoms in total. The van der Waals surface area contributed by atoms with Crippen molar-refractivity contribution in [3.05, 3.63) is 23.8 Å². The quantitative estimate of drug-likeness (QED) is 0.348. The maximum Gasteiger partial charge on any atom is 1.00 e. The third-order valence-corrected chi connectivity index (χ3v) is 1.29. The van der Waals surface area contributed by atoms with Crippen molar-refractivity contribution in [1.82, 2.24) is 0 Å². The van der Waals surface area contributed by atoms with Crippen LogP contribution in [0.2, 0.25) is 0 Å². The van der Waals surface area contributed by atoms with Gasteiger partial charge in [-0.05, 0) is 0 Å². The molecule has 0 aromatic heterocycles. The van der Waals surface area contributed by atoms with Crippen LogP contribution < -0.4 is 29.6 Å². The van der Waals surface area contributed by atoms with Crippen LogP contribution in [0, 0.1) is 6.08 Å². The third kappa shape index (κ3) is 3.24. The van der Waals surface area contributed by atoms with E-state index in [4.69, 9.17) is 0 Å². The van der Waals surface area contributed by atoms with Crippen LogP contribution in [0.1, 0.15) is 26.2 Å². The molecule has 1 heteroatoms. The molecule has 0 atom stereocenters. The molecule has 0 aromatic rings. The molecular formula is C8H11Na. The number of hydrogen-bond donors (Lipinski definition) is 0. The van der Waals surface area contributed by atoms with E-state index in [0.717, 1.165) is 6.42 Å². The van der Waals surface area contributed by atoms with Crippen LogP contribution in [-0.2, 0) is 0 Å². The average Bonchev–Trinajstić information content (AvgIpc) is 2.19. The smallest absolute Gasteiger partial charge is 0.269 e. The van der Waals surface area contributed by atoms with E-state index in [1.807, 2.05) is 0 Å². The molecular weight excluding hydrogens is 119 g/mol. The topological polar surface area (TPSA) is 0 Å². The van der Waals surface area contributed by atoms with Gasteiger partial charge in [0.25, 0.3) is 0 Å². The summed E-state index contributed by atoms with van der Waals surface area (Å²) in [5, 5.41) is 0. The summed E-state index contributed by atoms with van der Waals surface area (Å²) >= 11 is 0. The van der Waals surface area contributed by atoms with Gasteiger partial charge in [0.2, 0.25) is 0 Å². The molecule has 0 radical (unpaired) electrons. The van der Waals surface area contributed by atoms with Gasteiger partial charge in [-0.25, -0.2) is 11.6 Å². The molecule has 0 saturated heterocycles. The second-order valence-electron chi connectivity index (χ2n) is 2.06. The van der Waals surface area contributed by atoms with E-state index in [1.165, 1.54) is 18.4 Å². The van der Waals surface area contributed by atoms with E-state index in [0.29, 0.717) is 0 Å². The van der Waals surface area contributed by atoms with Gasteiger partial charge in [0.1, 0.15) is 0 Å². The van der Waals surface area contributed by atoms with Crippen molar-refractivity contribution in [2.45, 2.75) is 26.2 Å². The van der Waals surface area contributed by atoms with Crippen molar-refractivity contribution < 1.29 is 29.6 Å². The maximum atomic E-state index is 3.26. The first-order valence-corrected chi connectivity index (χ1v) is 3.19. The zero-order valence-corrected chi connectivity index (χ0v) is 8.28. The zero-order chi connectivity index (χ0) is 5.82. The van der Waals surface area contributed by atoms with Gasteiger partial charge in [0.15, 0.2) is 0 Å². The summed E-state index contributed by atoms with van der Waals surface area (Å²) in [4.78, 5) is 0. The van der Waals surface area contributed by atoms with Crippen molar-refractivity contribution in [2.24, 2.45) is 0 Å². The van der Waals surface area contributed by atoms with Crippen molar-refractivity contribution in [3.8, 4) is 0 Å². The Kier molecular flexibility index (Phi) is 5.56. The van der Waals surface area contributed by atoms with E-state index < -0.39 is 0 Å². The molecule has 0 bridgehead atoms. The van der Waals surface area contributed by atoms with Gasteiger partial charge >= 0.3 is 29.6 Å². The Morgan fingerprint density at radius 2 is 2.44 bits per heavy atom. The van der Waals surface area contributed by atoms with Gasteiger partial charge < -0.3 is 0 Å². The second-order valence-corrected chi connectivity index (χ2v) is 2.06. The van der Waals surface area contributed by atoms with E-state index in [1.54, 1.807) is 0 Å². The van der Waals surface area contributed by atoms with Gasteiger partial charge in [-0.3, -0.25) is 6.08 Å². The Bertz CT molecular complexity index is 123. The summed E-state index contributed by atoms with van der Waals surface area (Å²) in [6.07, 6.45) is 11.1. The van der Waals surface area contributed by atoms with Crippen LogP contribution in [0.4, 0.5) is 0 Å². The van der Waals surface area contributed by atoms with Crippen LogP contribution in [0.3, 0.4) is 0 Å². The Balaban J connectivity index is 0.000000640. The Labute approximate surface area is 79.3 Å². The molecule has 0 N–H and O–H groups in total. The van der Waals surface area contributed by atoms with Gasteiger partial charge in [-0.1, -0.05) is 19.8 Å². The standard InChI is InChI=1S/C8H11.Na/c1-2-5-8-6-3-4-7-8;/h3,6H,2,4-5H2,1H3;/q-1;+1. The number of rotatable bonds is 2. The fraction of sp³-hybridized carbons (Fsp3) is 0.500. The monoisotopic (exact) mass is 130 g/mol. The van der Waals surface area contributed by atoms with Crippen LogP contribution in [0.15, 0.2) is 17.7 Å². The summed E-state index contributed by atoms with van der Waals surface area (Å²) in [5.74, 6) is 0. The molecule has 0 aromatic carbocycles. The molecule has 0 saturated carbocycles. The van der Waals surface area contributed by atoms with Crippen LogP contribution in [0.25, 0.3) is 0 Å². The minimum absolute atomic E-state index is 0. The van der Waals surface area contributed by atoms with Gasteiger partial charge in [0.05, 0.1) is 0 Å². The predicted molar refractivity (Wildman–Crippen MR) is 35.4 cm³/mol. The van der Waals surface area contributed by atoms with Crippen molar-refractivity contribution in [2.75, 3.05) is 0 Å². The van der Waals surface area contributed by atoms with Gasteiger partial charge in [-0.15, -0.1) is 6.42 Å². The van der Waals surface area contributed by atoms with E-state index >= 15 is 0 Å². The molecule has 1 rings (SSSR count). The van der Waals surface area contributed by atoms with Crippen molar-refractivity contribution >= 4 is 0 Å². The fourth-order valence-corrected chi connectivity index (χ4v) is 0.891. The summed E-state index contributed by atoms with van der Waals surface area (Å²) < 4.78 is 0. The third-order valence-electron chi connectivity index (χ3n) is 1.29. The molecule has 1 aliphatic carbocycles. The Hall–Kier alpha value is 0.480. The summed E-state index contributed by atoms with van der Waals surface area (Å²) in [6.45, 7) is 2.20. The molecule has 0 unspecified atom stereocenters. The van der Waals surface area contributed by atoms with Crippen LogP contribution >= 0.6 is 0 Å². The summed E-state index contributed by atoms with van der Waals surface area (Å²) in [7, 11) is 0. The molecule has 0 fully saturated rings. The Morgan fingerprint density at radius 3 is 2.89 bits per heavy atom. The maximum absolute atomic E-state index is 3.26. The van der Waals surface area contributed by atoms with E-state index in [2.05, 4.69) is 25.2 Å². The summed E-state index contributed by atoms with van der Waals surface area (Å²) in [5.41, 5.74) is 1.40. The Morgan fingerprint density at radius 1 is 1.67 bits per heavy atom. The molecule has 9 heavy (non-hydrogen) atoms. The first-order chi connectivity index (χ1) is 3.93. The average molecular weight is 130 g/mol.